The molecule has 0 saturated carbocycles. The van der Waals surface area contributed by atoms with Crippen LogP contribution in [0.3, 0.4) is 0 Å². The fourth-order valence-electron chi connectivity index (χ4n) is 3.60. The van der Waals surface area contributed by atoms with E-state index >= 15 is 0 Å². The van der Waals surface area contributed by atoms with Crippen molar-refractivity contribution >= 4 is 29.8 Å². The molecule has 0 radical (unpaired) electrons. The topological polar surface area (TPSA) is 152 Å². The second-order valence-electron chi connectivity index (χ2n) is 12.6. The lowest BCUT2D eigenvalue weighted by atomic mass is 10.1. The number of carbonyl (C=O) groups excluding carboxylic acids is 5. The molecule has 0 bridgehead atoms. The van der Waals surface area contributed by atoms with E-state index in [0.29, 0.717) is 26.2 Å². The molecule has 1 fully saturated rings. The SMILES string of the molecule is CC(C)(C)OC(=O)CC[C@H](NC(=O)N[C@@H](CCC(=O)N1CCNCC1)C(=O)OC(C)(C)C)C(=O)OC(C)(C)C. The van der Waals surface area contributed by atoms with Gasteiger partial charge in [0.25, 0.3) is 0 Å². The Morgan fingerprint density at radius 3 is 1.51 bits per heavy atom. The first-order valence-electron chi connectivity index (χ1n) is 13.5. The molecule has 12 heteroatoms. The van der Waals surface area contributed by atoms with Gasteiger partial charge in [0.2, 0.25) is 5.91 Å². The number of nitrogens with one attached hydrogen (secondary N) is 3. The zero-order valence-corrected chi connectivity index (χ0v) is 25.0. The smallest absolute Gasteiger partial charge is 0.329 e. The molecule has 12 nitrogen and oxygen atoms in total. The van der Waals surface area contributed by atoms with Crippen molar-refractivity contribution in [3.63, 3.8) is 0 Å². The maximum atomic E-state index is 13.0. The van der Waals surface area contributed by atoms with E-state index in [1.54, 1.807) is 67.2 Å². The lowest BCUT2D eigenvalue weighted by Gasteiger charge is -2.29. The summed E-state index contributed by atoms with van der Waals surface area (Å²) in [6.45, 7) is 17.8. The molecule has 0 aromatic carbocycles. The van der Waals surface area contributed by atoms with Crippen LogP contribution in [0.5, 0.6) is 0 Å². The summed E-state index contributed by atoms with van der Waals surface area (Å²) < 4.78 is 16.2. The molecule has 1 heterocycles. The Balaban J connectivity index is 2.95. The number of hydrogen-bond acceptors (Lipinski definition) is 9. The molecule has 1 aliphatic heterocycles. The number of ether oxygens (including phenoxy) is 3. The largest absolute Gasteiger partial charge is 0.460 e. The Morgan fingerprint density at radius 2 is 1.10 bits per heavy atom. The summed E-state index contributed by atoms with van der Waals surface area (Å²) in [5.41, 5.74) is -2.35. The van der Waals surface area contributed by atoms with E-state index in [2.05, 4.69) is 16.0 Å². The summed E-state index contributed by atoms with van der Waals surface area (Å²) in [5, 5.41) is 8.23. The van der Waals surface area contributed by atoms with E-state index in [-0.39, 0.29) is 31.6 Å². The fraction of sp³-hybridized carbons (Fsp3) is 0.815. The predicted molar refractivity (Wildman–Crippen MR) is 145 cm³/mol. The average molecular weight is 557 g/mol. The minimum absolute atomic E-state index is 0.0140. The van der Waals surface area contributed by atoms with Crippen molar-refractivity contribution in [2.75, 3.05) is 26.2 Å². The lowest BCUT2D eigenvalue weighted by molar-refractivity contribution is -0.159. The first-order chi connectivity index (χ1) is 17.8. The van der Waals surface area contributed by atoms with Gasteiger partial charge in [-0.1, -0.05) is 0 Å². The predicted octanol–water partition coefficient (Wildman–Crippen LogP) is 2.04. The third kappa shape index (κ3) is 15.3. The van der Waals surface area contributed by atoms with Gasteiger partial charge in [-0.25, -0.2) is 14.4 Å². The van der Waals surface area contributed by atoms with Crippen molar-refractivity contribution < 1.29 is 38.2 Å². The average Bonchev–Trinajstić information content (AvgIpc) is 2.76. The van der Waals surface area contributed by atoms with Crippen LogP contribution in [0.15, 0.2) is 0 Å². The zero-order chi connectivity index (χ0) is 30.0. The summed E-state index contributed by atoms with van der Waals surface area (Å²) in [5.74, 6) is -2.09. The number of rotatable bonds is 10. The molecule has 1 saturated heterocycles. The Bertz CT molecular complexity index is 864. The number of piperazine rings is 1. The van der Waals surface area contributed by atoms with Gasteiger partial charge in [0.1, 0.15) is 28.9 Å². The molecule has 0 unspecified atom stereocenters. The second kappa shape index (κ2) is 14.5. The van der Waals surface area contributed by atoms with Gasteiger partial charge in [-0.3, -0.25) is 9.59 Å². The van der Waals surface area contributed by atoms with Crippen molar-refractivity contribution in [3.8, 4) is 0 Å². The molecule has 0 aliphatic carbocycles. The number of urea groups is 1. The van der Waals surface area contributed by atoms with Crippen molar-refractivity contribution in [1.29, 1.82) is 0 Å². The summed E-state index contributed by atoms with van der Waals surface area (Å²) in [4.78, 5) is 65.3. The molecule has 2 atom stereocenters. The van der Waals surface area contributed by atoms with E-state index in [1.165, 1.54) is 0 Å². The molecule has 3 amide bonds. The third-order valence-electron chi connectivity index (χ3n) is 5.17. The monoisotopic (exact) mass is 556 g/mol. The lowest BCUT2D eigenvalue weighted by Crippen LogP contribution is -2.53. The number of amides is 3. The molecule has 0 spiro atoms. The maximum absolute atomic E-state index is 13.0. The van der Waals surface area contributed by atoms with Crippen LogP contribution in [0, 0.1) is 0 Å². The summed E-state index contributed by atoms with van der Waals surface area (Å²) in [6, 6.07) is -3.15. The standard InChI is InChI=1S/C27H48N4O8/c1-25(2,3)37-21(33)13-11-19(23(35)39-27(7,8)9)30-24(36)29-18(22(34)38-26(4,5)6)10-12-20(32)31-16-14-28-15-17-31/h18-19,28H,10-17H2,1-9H3,(H2,29,30,36)/t18-,19-/m0/s1. The van der Waals surface area contributed by atoms with E-state index in [9.17, 15) is 24.0 Å². The molecular formula is C27H48N4O8. The number of nitrogens with zero attached hydrogens (tertiary/aromatic N) is 1. The van der Waals surface area contributed by atoms with Crippen LogP contribution in [-0.2, 0) is 33.4 Å². The highest BCUT2D eigenvalue weighted by Crippen LogP contribution is 2.15. The molecule has 0 aromatic heterocycles. The van der Waals surface area contributed by atoms with Gasteiger partial charge in [0, 0.05) is 39.0 Å². The van der Waals surface area contributed by atoms with Crippen molar-refractivity contribution in [3.05, 3.63) is 0 Å². The minimum Gasteiger partial charge on any atom is -0.460 e. The molecule has 1 rings (SSSR count). The van der Waals surface area contributed by atoms with Crippen molar-refractivity contribution in [2.45, 2.75) is 117 Å². The minimum atomic E-state index is -1.18. The highest BCUT2D eigenvalue weighted by Gasteiger charge is 2.32. The van der Waals surface area contributed by atoms with Crippen LogP contribution in [-0.4, -0.2) is 89.8 Å². The fourth-order valence-corrected chi connectivity index (χ4v) is 3.60. The van der Waals surface area contributed by atoms with Crippen molar-refractivity contribution in [1.82, 2.24) is 20.9 Å². The van der Waals surface area contributed by atoms with Crippen LogP contribution in [0.4, 0.5) is 4.79 Å². The van der Waals surface area contributed by atoms with Crippen LogP contribution in [0.25, 0.3) is 0 Å². The van der Waals surface area contributed by atoms with E-state index in [0.717, 1.165) is 0 Å². The summed E-state index contributed by atoms with van der Waals surface area (Å²) >= 11 is 0. The molecular weight excluding hydrogens is 508 g/mol. The normalized spacial score (nSPS) is 16.0. The van der Waals surface area contributed by atoms with E-state index in [1.807, 2.05) is 0 Å². The molecule has 3 N–H and O–H groups in total. The van der Waals surface area contributed by atoms with Gasteiger partial charge in [-0.05, 0) is 75.2 Å². The maximum Gasteiger partial charge on any atom is 0.329 e. The van der Waals surface area contributed by atoms with Gasteiger partial charge in [0.05, 0.1) is 0 Å². The Morgan fingerprint density at radius 1 is 0.692 bits per heavy atom. The van der Waals surface area contributed by atoms with Crippen LogP contribution in [0.2, 0.25) is 0 Å². The van der Waals surface area contributed by atoms with E-state index in [4.69, 9.17) is 14.2 Å². The van der Waals surface area contributed by atoms with Gasteiger partial charge >= 0.3 is 23.9 Å². The van der Waals surface area contributed by atoms with Gasteiger partial charge in [-0.15, -0.1) is 0 Å². The summed E-state index contributed by atoms with van der Waals surface area (Å²) in [6.07, 6.45) is -0.176. The number of carbonyl (C=O) groups is 5. The number of esters is 3. The van der Waals surface area contributed by atoms with Gasteiger partial charge < -0.3 is 35.1 Å². The highest BCUT2D eigenvalue weighted by atomic mass is 16.6. The second-order valence-corrected chi connectivity index (χ2v) is 12.6. The molecule has 0 aromatic rings. The Hall–Kier alpha value is -2.89. The van der Waals surface area contributed by atoms with Crippen LogP contribution in [0.1, 0.15) is 88.0 Å². The van der Waals surface area contributed by atoms with Gasteiger partial charge in [0.15, 0.2) is 0 Å². The van der Waals surface area contributed by atoms with Crippen LogP contribution < -0.4 is 16.0 Å². The summed E-state index contributed by atoms with van der Waals surface area (Å²) in [7, 11) is 0. The van der Waals surface area contributed by atoms with Crippen molar-refractivity contribution in [2.24, 2.45) is 0 Å². The van der Waals surface area contributed by atoms with Crippen LogP contribution >= 0.6 is 0 Å². The zero-order valence-electron chi connectivity index (χ0n) is 25.0. The molecule has 1 aliphatic rings. The van der Waals surface area contributed by atoms with E-state index < -0.39 is 52.8 Å². The first-order valence-corrected chi connectivity index (χ1v) is 13.5. The number of hydrogen-bond donors (Lipinski definition) is 3. The Labute approximate surface area is 232 Å². The van der Waals surface area contributed by atoms with Gasteiger partial charge in [-0.2, -0.15) is 0 Å². The first kappa shape index (κ1) is 34.1. The molecule has 224 valence electrons. The third-order valence-corrected chi connectivity index (χ3v) is 5.17. The quantitative estimate of drug-likeness (QED) is 0.271. The highest BCUT2D eigenvalue weighted by molar-refractivity contribution is 5.88. The molecule has 39 heavy (non-hydrogen) atoms. The Kier molecular flexibility index (Phi) is 12.7.